The molecule has 1 atom stereocenters. The van der Waals surface area contributed by atoms with Crippen molar-refractivity contribution in [1.29, 1.82) is 0 Å². The molecule has 0 aromatic heterocycles. The third-order valence-electron chi connectivity index (χ3n) is 2.70. The molecule has 4 nitrogen and oxygen atoms in total. The van der Waals surface area contributed by atoms with Gasteiger partial charge in [-0.3, -0.25) is 9.59 Å². The highest BCUT2D eigenvalue weighted by atomic mass is 32.2. The molecule has 1 aromatic carbocycles. The van der Waals surface area contributed by atoms with Crippen LogP contribution in [0.5, 0.6) is 0 Å². The number of carbonyl (C=O) groups excluding carboxylic acids is 1. The Labute approximate surface area is 121 Å². The van der Waals surface area contributed by atoms with Crippen molar-refractivity contribution in [2.24, 2.45) is 0 Å². The van der Waals surface area contributed by atoms with Gasteiger partial charge in [0.05, 0.1) is 6.42 Å². The van der Waals surface area contributed by atoms with Gasteiger partial charge in [-0.05, 0) is 18.6 Å². The van der Waals surface area contributed by atoms with E-state index < -0.39 is 5.97 Å². The van der Waals surface area contributed by atoms with E-state index >= 15 is 0 Å². The van der Waals surface area contributed by atoms with Crippen LogP contribution in [0.25, 0.3) is 0 Å². The second kappa shape index (κ2) is 8.58. The summed E-state index contributed by atoms with van der Waals surface area (Å²) in [6, 6.07) is 6.05. The van der Waals surface area contributed by atoms with Crippen molar-refractivity contribution in [2.45, 2.75) is 37.1 Å². The number of benzene rings is 1. The van der Waals surface area contributed by atoms with E-state index in [-0.39, 0.29) is 30.6 Å². The zero-order valence-corrected chi connectivity index (χ0v) is 12.1. The summed E-state index contributed by atoms with van der Waals surface area (Å²) in [6.07, 6.45) is 0.719. The molecular weight excluding hydrogens is 281 g/mol. The molecule has 0 heterocycles. The number of carbonyl (C=O) groups is 2. The number of halogens is 1. The number of hydrogen-bond donors (Lipinski definition) is 2. The number of carboxylic acids is 1. The second-order valence-electron chi connectivity index (χ2n) is 4.30. The lowest BCUT2D eigenvalue weighted by Gasteiger charge is -2.14. The largest absolute Gasteiger partial charge is 0.481 e. The fourth-order valence-electron chi connectivity index (χ4n) is 1.62. The van der Waals surface area contributed by atoms with Crippen LogP contribution in [-0.2, 0) is 9.59 Å². The summed E-state index contributed by atoms with van der Waals surface area (Å²) in [4.78, 5) is 22.8. The molecule has 0 radical (unpaired) electrons. The smallest absolute Gasteiger partial charge is 0.305 e. The minimum absolute atomic E-state index is 0.0807. The van der Waals surface area contributed by atoms with E-state index in [1.165, 1.54) is 17.8 Å². The van der Waals surface area contributed by atoms with Crippen molar-refractivity contribution in [2.75, 3.05) is 5.75 Å². The average molecular weight is 299 g/mol. The predicted molar refractivity (Wildman–Crippen MR) is 76.2 cm³/mol. The van der Waals surface area contributed by atoms with E-state index in [1.54, 1.807) is 18.2 Å². The van der Waals surface area contributed by atoms with Crippen LogP contribution in [0.4, 0.5) is 4.39 Å². The molecule has 0 spiro atoms. The van der Waals surface area contributed by atoms with Gasteiger partial charge < -0.3 is 10.4 Å². The molecule has 2 N–H and O–H groups in total. The topological polar surface area (TPSA) is 66.4 Å². The zero-order valence-electron chi connectivity index (χ0n) is 11.3. The third kappa shape index (κ3) is 6.06. The molecule has 1 aromatic rings. The lowest BCUT2D eigenvalue weighted by Crippen LogP contribution is -2.36. The van der Waals surface area contributed by atoms with Crippen LogP contribution in [0, 0.1) is 5.82 Å². The van der Waals surface area contributed by atoms with Crippen LogP contribution in [-0.4, -0.2) is 28.8 Å². The number of amides is 1. The SMILES string of the molecule is CCC(CC(=O)O)NC(=O)CCSc1ccccc1F. The Morgan fingerprint density at radius 2 is 2.10 bits per heavy atom. The van der Waals surface area contributed by atoms with Gasteiger partial charge in [0.25, 0.3) is 0 Å². The van der Waals surface area contributed by atoms with Gasteiger partial charge in [-0.15, -0.1) is 11.8 Å². The molecule has 0 saturated carbocycles. The Bertz CT molecular complexity index is 467. The number of hydrogen-bond acceptors (Lipinski definition) is 3. The van der Waals surface area contributed by atoms with Crippen LogP contribution >= 0.6 is 11.8 Å². The zero-order chi connectivity index (χ0) is 15.0. The number of thioether (sulfide) groups is 1. The van der Waals surface area contributed by atoms with Crippen LogP contribution in [0.3, 0.4) is 0 Å². The highest BCUT2D eigenvalue weighted by Crippen LogP contribution is 2.21. The monoisotopic (exact) mass is 299 g/mol. The van der Waals surface area contributed by atoms with Crippen LogP contribution < -0.4 is 5.32 Å². The fraction of sp³-hybridized carbons (Fsp3) is 0.429. The van der Waals surface area contributed by atoms with Crippen molar-refractivity contribution in [3.63, 3.8) is 0 Å². The summed E-state index contributed by atoms with van der Waals surface area (Å²) in [5.41, 5.74) is 0. The first-order valence-electron chi connectivity index (χ1n) is 6.41. The molecule has 0 aliphatic carbocycles. The van der Waals surface area contributed by atoms with Crippen molar-refractivity contribution in [1.82, 2.24) is 5.32 Å². The van der Waals surface area contributed by atoms with Gasteiger partial charge in [0.15, 0.2) is 0 Å². The van der Waals surface area contributed by atoms with E-state index in [0.717, 1.165) is 0 Å². The van der Waals surface area contributed by atoms with Gasteiger partial charge in [-0.1, -0.05) is 19.1 Å². The van der Waals surface area contributed by atoms with E-state index in [2.05, 4.69) is 5.32 Å². The first kappa shape index (κ1) is 16.5. The van der Waals surface area contributed by atoms with Gasteiger partial charge in [0.2, 0.25) is 5.91 Å². The van der Waals surface area contributed by atoms with Gasteiger partial charge in [-0.2, -0.15) is 0 Å². The standard InChI is InChI=1S/C14H18FNO3S/c1-2-10(9-14(18)19)16-13(17)7-8-20-12-6-4-3-5-11(12)15/h3-6,10H,2,7-9H2,1H3,(H,16,17)(H,18,19). The second-order valence-corrected chi connectivity index (χ2v) is 5.44. The number of rotatable bonds is 8. The molecule has 1 rings (SSSR count). The van der Waals surface area contributed by atoms with Crippen molar-refractivity contribution < 1.29 is 19.1 Å². The minimum atomic E-state index is -0.933. The van der Waals surface area contributed by atoms with Gasteiger partial charge in [0, 0.05) is 23.1 Å². The molecule has 0 bridgehead atoms. The normalized spacial score (nSPS) is 11.9. The molecule has 0 aliphatic rings. The van der Waals surface area contributed by atoms with Gasteiger partial charge in [-0.25, -0.2) is 4.39 Å². The summed E-state index contributed by atoms with van der Waals surface area (Å²) in [5.74, 6) is -0.981. The van der Waals surface area contributed by atoms with Crippen LogP contribution in [0.15, 0.2) is 29.2 Å². The maximum absolute atomic E-state index is 13.3. The predicted octanol–water partition coefficient (Wildman–Crippen LogP) is 2.68. The summed E-state index contributed by atoms with van der Waals surface area (Å²) in [6.45, 7) is 1.82. The van der Waals surface area contributed by atoms with E-state index in [1.807, 2.05) is 6.92 Å². The van der Waals surface area contributed by atoms with Crippen molar-refractivity contribution >= 4 is 23.6 Å². The third-order valence-corrected chi connectivity index (χ3v) is 3.75. The molecule has 1 unspecified atom stereocenters. The number of aliphatic carboxylic acids is 1. The minimum Gasteiger partial charge on any atom is -0.481 e. The molecular formula is C14H18FNO3S. The summed E-state index contributed by atoms with van der Waals surface area (Å²) < 4.78 is 13.3. The average Bonchev–Trinajstić information content (AvgIpc) is 2.39. The molecule has 20 heavy (non-hydrogen) atoms. The van der Waals surface area contributed by atoms with Gasteiger partial charge in [0.1, 0.15) is 5.82 Å². The fourth-order valence-corrected chi connectivity index (χ4v) is 2.51. The quantitative estimate of drug-likeness (QED) is 0.724. The van der Waals surface area contributed by atoms with Crippen molar-refractivity contribution in [3.05, 3.63) is 30.1 Å². The van der Waals surface area contributed by atoms with Crippen LogP contribution in [0.1, 0.15) is 26.2 Å². The molecule has 1 amide bonds. The Hall–Kier alpha value is -1.56. The van der Waals surface area contributed by atoms with Gasteiger partial charge >= 0.3 is 5.97 Å². The Morgan fingerprint density at radius 3 is 2.70 bits per heavy atom. The Kier molecular flexibility index (Phi) is 7.08. The summed E-state index contributed by atoms with van der Waals surface area (Å²) in [7, 11) is 0. The lowest BCUT2D eigenvalue weighted by molar-refractivity contribution is -0.137. The highest BCUT2D eigenvalue weighted by Gasteiger charge is 2.14. The van der Waals surface area contributed by atoms with E-state index in [0.29, 0.717) is 17.1 Å². The molecule has 110 valence electrons. The number of carboxylic acid groups (broad SMARTS) is 1. The van der Waals surface area contributed by atoms with E-state index in [9.17, 15) is 14.0 Å². The lowest BCUT2D eigenvalue weighted by atomic mass is 10.1. The Morgan fingerprint density at radius 1 is 1.40 bits per heavy atom. The first-order valence-corrected chi connectivity index (χ1v) is 7.40. The molecule has 0 fully saturated rings. The molecule has 0 saturated heterocycles. The van der Waals surface area contributed by atoms with E-state index in [4.69, 9.17) is 5.11 Å². The van der Waals surface area contributed by atoms with Crippen molar-refractivity contribution in [3.8, 4) is 0 Å². The van der Waals surface area contributed by atoms with Crippen LogP contribution in [0.2, 0.25) is 0 Å². The Balaban J connectivity index is 2.33. The summed E-state index contributed by atoms with van der Waals surface area (Å²) >= 11 is 1.27. The molecule has 6 heteroatoms. The highest BCUT2D eigenvalue weighted by molar-refractivity contribution is 7.99. The first-order chi connectivity index (χ1) is 9.52. The summed E-state index contributed by atoms with van der Waals surface area (Å²) in [5, 5.41) is 11.4. The maximum Gasteiger partial charge on any atom is 0.305 e. The maximum atomic E-state index is 13.3. The molecule has 0 aliphatic heterocycles. The number of nitrogens with one attached hydrogen (secondary N) is 1.